The van der Waals surface area contributed by atoms with E-state index in [1.54, 1.807) is 45.0 Å². The Hall–Kier alpha value is -3.09. The van der Waals surface area contributed by atoms with Gasteiger partial charge in [0.25, 0.3) is 5.91 Å². The van der Waals surface area contributed by atoms with Crippen LogP contribution in [0.3, 0.4) is 0 Å². The van der Waals surface area contributed by atoms with E-state index in [9.17, 15) is 19.5 Å². The summed E-state index contributed by atoms with van der Waals surface area (Å²) < 4.78 is 4.86. The molecule has 1 unspecified atom stereocenters. The Bertz CT molecular complexity index is 775. The van der Waals surface area contributed by atoms with E-state index in [1.807, 2.05) is 0 Å². The molecule has 25 heavy (non-hydrogen) atoms. The number of carbonyl (C=O) groups excluding carboxylic acids is 2. The van der Waals surface area contributed by atoms with E-state index in [2.05, 4.69) is 10.6 Å². The minimum Gasteiger partial charge on any atom is -0.481 e. The Balaban J connectivity index is 2.12. The molecule has 1 atom stereocenters. The Kier molecular flexibility index (Phi) is 5.26. The first-order valence-electron chi connectivity index (χ1n) is 7.66. The summed E-state index contributed by atoms with van der Waals surface area (Å²) in [5.74, 6) is -3.35. The summed E-state index contributed by atoms with van der Waals surface area (Å²) in [5, 5.41) is 14.6. The quantitative estimate of drug-likeness (QED) is 0.722. The normalized spacial score (nSPS) is 12.3. The summed E-state index contributed by atoms with van der Waals surface area (Å²) in [6.07, 6.45) is 2.71. The molecule has 0 aliphatic carbocycles. The molecule has 1 heterocycles. The number of rotatable bonds is 5. The van der Waals surface area contributed by atoms with Crippen LogP contribution in [0.25, 0.3) is 0 Å². The van der Waals surface area contributed by atoms with Gasteiger partial charge in [0.1, 0.15) is 12.2 Å². The highest BCUT2D eigenvalue weighted by Crippen LogP contribution is 2.28. The van der Waals surface area contributed by atoms with Gasteiger partial charge in [-0.2, -0.15) is 0 Å². The van der Waals surface area contributed by atoms with Crippen molar-refractivity contribution in [3.63, 3.8) is 0 Å². The number of aliphatic carboxylic acids is 1. The standard InChI is InChI=1S/C18H20N2O5/c1-18(2,3)14(17(23)24)16(22)20-13-6-4-5-12(9-13)19-15(21)11-7-8-25-10-11/h4-10,14H,1-3H3,(H,19,21)(H,20,22)(H,23,24). The second-order valence-corrected chi connectivity index (χ2v) is 6.67. The van der Waals surface area contributed by atoms with E-state index in [4.69, 9.17) is 4.42 Å². The van der Waals surface area contributed by atoms with Crippen molar-refractivity contribution in [3.05, 3.63) is 48.4 Å². The number of carboxylic acids is 1. The van der Waals surface area contributed by atoms with E-state index >= 15 is 0 Å². The van der Waals surface area contributed by atoms with Crippen LogP contribution in [-0.4, -0.2) is 22.9 Å². The molecule has 0 saturated heterocycles. The number of carbonyl (C=O) groups is 3. The number of furan rings is 1. The van der Waals surface area contributed by atoms with Crippen LogP contribution in [0.2, 0.25) is 0 Å². The SMILES string of the molecule is CC(C)(C)C(C(=O)O)C(=O)Nc1cccc(NC(=O)c2ccoc2)c1. The van der Waals surface area contributed by atoms with Crippen molar-refractivity contribution in [2.45, 2.75) is 20.8 Å². The fourth-order valence-corrected chi connectivity index (χ4v) is 2.36. The van der Waals surface area contributed by atoms with E-state index in [1.165, 1.54) is 18.6 Å². The highest BCUT2D eigenvalue weighted by molar-refractivity contribution is 6.06. The first-order chi connectivity index (χ1) is 11.7. The Labute approximate surface area is 145 Å². The third kappa shape index (κ3) is 4.69. The molecule has 2 rings (SSSR count). The largest absolute Gasteiger partial charge is 0.481 e. The second kappa shape index (κ2) is 7.21. The van der Waals surface area contributed by atoms with Gasteiger partial charge < -0.3 is 20.2 Å². The van der Waals surface area contributed by atoms with Crippen molar-refractivity contribution in [1.29, 1.82) is 0 Å². The molecule has 0 aliphatic heterocycles. The molecule has 0 aliphatic rings. The molecule has 0 radical (unpaired) electrons. The van der Waals surface area contributed by atoms with Crippen molar-refractivity contribution < 1.29 is 23.9 Å². The number of benzene rings is 1. The highest BCUT2D eigenvalue weighted by Gasteiger charge is 2.37. The van der Waals surface area contributed by atoms with Crippen LogP contribution < -0.4 is 10.6 Å². The van der Waals surface area contributed by atoms with Crippen molar-refractivity contribution in [1.82, 2.24) is 0 Å². The maximum absolute atomic E-state index is 12.3. The minimum absolute atomic E-state index is 0.352. The summed E-state index contributed by atoms with van der Waals surface area (Å²) in [5.41, 5.74) is 0.494. The molecule has 2 amide bonds. The van der Waals surface area contributed by atoms with Crippen molar-refractivity contribution in [3.8, 4) is 0 Å². The maximum atomic E-state index is 12.3. The van der Waals surface area contributed by atoms with Crippen LogP contribution in [-0.2, 0) is 9.59 Å². The van der Waals surface area contributed by atoms with Gasteiger partial charge in [-0.1, -0.05) is 26.8 Å². The lowest BCUT2D eigenvalue weighted by molar-refractivity contribution is -0.149. The zero-order chi connectivity index (χ0) is 18.6. The molecule has 1 aromatic heterocycles. The fraction of sp³-hybridized carbons (Fsp3) is 0.278. The summed E-state index contributed by atoms with van der Waals surface area (Å²) >= 11 is 0. The monoisotopic (exact) mass is 344 g/mol. The number of amides is 2. The summed E-state index contributed by atoms with van der Waals surface area (Å²) in [6, 6.07) is 8.01. The molecule has 0 spiro atoms. The highest BCUT2D eigenvalue weighted by atomic mass is 16.4. The average molecular weight is 344 g/mol. The Morgan fingerprint density at radius 2 is 1.72 bits per heavy atom. The Morgan fingerprint density at radius 3 is 2.24 bits per heavy atom. The van der Waals surface area contributed by atoms with E-state index < -0.39 is 23.2 Å². The zero-order valence-electron chi connectivity index (χ0n) is 14.2. The molecule has 0 bridgehead atoms. The first-order valence-corrected chi connectivity index (χ1v) is 7.66. The second-order valence-electron chi connectivity index (χ2n) is 6.67. The van der Waals surface area contributed by atoms with Crippen LogP contribution in [0.1, 0.15) is 31.1 Å². The molecule has 7 heteroatoms. The van der Waals surface area contributed by atoms with Crippen LogP contribution in [0.15, 0.2) is 47.3 Å². The number of hydrogen-bond donors (Lipinski definition) is 3. The third-order valence-electron chi connectivity index (χ3n) is 3.55. The van der Waals surface area contributed by atoms with Gasteiger partial charge in [0.05, 0.1) is 11.8 Å². The lowest BCUT2D eigenvalue weighted by atomic mass is 9.80. The van der Waals surface area contributed by atoms with Gasteiger partial charge in [0.15, 0.2) is 0 Å². The predicted octanol–water partition coefficient (Wildman–Crippen LogP) is 3.22. The van der Waals surface area contributed by atoms with Gasteiger partial charge in [-0.3, -0.25) is 14.4 Å². The smallest absolute Gasteiger partial charge is 0.316 e. The number of carboxylic acid groups (broad SMARTS) is 1. The van der Waals surface area contributed by atoms with Gasteiger partial charge >= 0.3 is 5.97 Å². The molecule has 132 valence electrons. The fourth-order valence-electron chi connectivity index (χ4n) is 2.36. The summed E-state index contributed by atoms with van der Waals surface area (Å²) in [4.78, 5) is 35.7. The van der Waals surface area contributed by atoms with Gasteiger partial charge in [-0.05, 0) is 29.7 Å². The number of anilines is 2. The molecule has 7 nitrogen and oxygen atoms in total. The van der Waals surface area contributed by atoms with Gasteiger partial charge in [0, 0.05) is 11.4 Å². The minimum atomic E-state index is -1.20. The molecule has 0 saturated carbocycles. The lowest BCUT2D eigenvalue weighted by Gasteiger charge is -2.26. The Morgan fingerprint density at radius 1 is 1.08 bits per heavy atom. The van der Waals surface area contributed by atoms with Crippen LogP contribution in [0.5, 0.6) is 0 Å². The van der Waals surface area contributed by atoms with E-state index in [0.717, 1.165) is 0 Å². The molecular formula is C18H20N2O5. The van der Waals surface area contributed by atoms with Gasteiger partial charge in [-0.15, -0.1) is 0 Å². The van der Waals surface area contributed by atoms with Crippen molar-refractivity contribution in [2.75, 3.05) is 10.6 Å². The van der Waals surface area contributed by atoms with Crippen LogP contribution >= 0.6 is 0 Å². The molecule has 0 fully saturated rings. The van der Waals surface area contributed by atoms with Crippen LogP contribution in [0.4, 0.5) is 11.4 Å². The van der Waals surface area contributed by atoms with E-state index in [-0.39, 0.29) is 5.91 Å². The first kappa shape index (κ1) is 18.3. The zero-order valence-corrected chi connectivity index (χ0v) is 14.2. The van der Waals surface area contributed by atoms with Crippen molar-refractivity contribution >= 4 is 29.2 Å². The third-order valence-corrected chi connectivity index (χ3v) is 3.55. The average Bonchev–Trinajstić information content (AvgIpc) is 2.99. The van der Waals surface area contributed by atoms with E-state index in [0.29, 0.717) is 16.9 Å². The van der Waals surface area contributed by atoms with Gasteiger partial charge in [0.2, 0.25) is 5.91 Å². The summed E-state index contributed by atoms with van der Waals surface area (Å²) in [6.45, 7) is 5.06. The molecular weight excluding hydrogens is 324 g/mol. The number of hydrogen-bond acceptors (Lipinski definition) is 4. The maximum Gasteiger partial charge on any atom is 0.316 e. The number of nitrogens with one attached hydrogen (secondary N) is 2. The van der Waals surface area contributed by atoms with Gasteiger partial charge in [-0.25, -0.2) is 0 Å². The predicted molar refractivity (Wildman–Crippen MR) is 92.3 cm³/mol. The summed E-state index contributed by atoms with van der Waals surface area (Å²) in [7, 11) is 0. The molecule has 1 aromatic carbocycles. The topological polar surface area (TPSA) is 109 Å². The molecule has 3 N–H and O–H groups in total. The molecule has 2 aromatic rings. The lowest BCUT2D eigenvalue weighted by Crippen LogP contribution is -2.39. The van der Waals surface area contributed by atoms with Crippen molar-refractivity contribution in [2.24, 2.45) is 11.3 Å². The van der Waals surface area contributed by atoms with Crippen LogP contribution in [0, 0.1) is 11.3 Å².